The number of ether oxygens (including phenoxy) is 2. The Labute approximate surface area is 212 Å². The lowest BCUT2D eigenvalue weighted by Crippen LogP contribution is -2.60. The van der Waals surface area contributed by atoms with Gasteiger partial charge in [0.25, 0.3) is 0 Å². The van der Waals surface area contributed by atoms with E-state index in [-0.39, 0.29) is 22.8 Å². The maximum atomic E-state index is 12.9. The molecule has 1 saturated carbocycles. The molecule has 3 saturated heterocycles. The molecule has 2 N–H and O–H groups in total. The number of piperazine rings is 1. The van der Waals surface area contributed by atoms with Crippen LogP contribution in [0.1, 0.15) is 31.7 Å². The van der Waals surface area contributed by atoms with Gasteiger partial charge in [-0.15, -0.1) is 0 Å². The Morgan fingerprint density at radius 2 is 1.94 bits per heavy atom. The first-order chi connectivity index (χ1) is 17.4. The van der Waals surface area contributed by atoms with Crippen LogP contribution >= 0.6 is 0 Å². The summed E-state index contributed by atoms with van der Waals surface area (Å²) in [5.74, 6) is 0.751. The summed E-state index contributed by atoms with van der Waals surface area (Å²) in [7, 11) is 0. The van der Waals surface area contributed by atoms with E-state index in [2.05, 4.69) is 45.7 Å². The van der Waals surface area contributed by atoms with E-state index in [4.69, 9.17) is 9.47 Å². The van der Waals surface area contributed by atoms with Crippen LogP contribution in [0.5, 0.6) is 0 Å². The highest BCUT2D eigenvalue weighted by Crippen LogP contribution is 2.59. The fourth-order valence-electron chi connectivity index (χ4n) is 6.38. The van der Waals surface area contributed by atoms with Crippen LogP contribution in [0.2, 0.25) is 0 Å². The van der Waals surface area contributed by atoms with Gasteiger partial charge in [-0.05, 0) is 60.7 Å². The number of carbonyl (C=O) groups excluding carboxylic acids is 1. The third-order valence-corrected chi connectivity index (χ3v) is 9.06. The van der Waals surface area contributed by atoms with Crippen molar-refractivity contribution >= 4 is 34.3 Å². The zero-order valence-corrected chi connectivity index (χ0v) is 21.0. The van der Waals surface area contributed by atoms with Crippen molar-refractivity contribution in [1.29, 1.82) is 0 Å². The van der Waals surface area contributed by atoms with E-state index in [1.165, 1.54) is 0 Å². The molecule has 4 aliphatic rings. The lowest BCUT2D eigenvalue weighted by molar-refractivity contribution is -0.118. The molecule has 1 aromatic carbocycles. The highest BCUT2D eigenvalue weighted by molar-refractivity contribution is 5.97. The topological polar surface area (TPSA) is 87.2 Å². The van der Waals surface area contributed by atoms with Crippen molar-refractivity contribution in [2.75, 3.05) is 62.8 Å². The summed E-state index contributed by atoms with van der Waals surface area (Å²) in [6.45, 7) is 12.1. The molecule has 0 radical (unpaired) electrons. The largest absolute Gasteiger partial charge is 0.389 e. The average molecular weight is 493 g/mol. The minimum Gasteiger partial charge on any atom is -0.389 e. The van der Waals surface area contributed by atoms with Crippen molar-refractivity contribution in [3.05, 3.63) is 36.5 Å². The Kier molecular flexibility index (Phi) is 6.03. The van der Waals surface area contributed by atoms with Crippen molar-refractivity contribution in [2.24, 2.45) is 11.3 Å². The molecular weight excluding hydrogens is 456 g/mol. The number of rotatable bonds is 5. The fraction of sp³-hybridized carbons (Fsp3) is 0.571. The van der Waals surface area contributed by atoms with Crippen molar-refractivity contribution in [3.8, 4) is 0 Å². The summed E-state index contributed by atoms with van der Waals surface area (Å²) in [5, 5.41) is 15.6. The van der Waals surface area contributed by atoms with Crippen LogP contribution in [0.4, 0.5) is 11.5 Å². The van der Waals surface area contributed by atoms with Gasteiger partial charge in [0.1, 0.15) is 5.82 Å². The van der Waals surface area contributed by atoms with E-state index >= 15 is 0 Å². The second-order valence-corrected chi connectivity index (χ2v) is 11.1. The van der Waals surface area contributed by atoms with Crippen LogP contribution in [-0.2, 0) is 14.3 Å². The maximum Gasteiger partial charge on any atom is 0.229 e. The summed E-state index contributed by atoms with van der Waals surface area (Å²) in [6, 6.07) is 6.29. The zero-order chi connectivity index (χ0) is 24.9. The smallest absolute Gasteiger partial charge is 0.229 e. The van der Waals surface area contributed by atoms with Crippen LogP contribution in [0.25, 0.3) is 16.8 Å². The predicted molar refractivity (Wildman–Crippen MR) is 140 cm³/mol. The first kappa shape index (κ1) is 23.9. The number of aliphatic hydroxyl groups is 1. The molecule has 6 rings (SSSR count). The van der Waals surface area contributed by atoms with Crippen molar-refractivity contribution in [3.63, 3.8) is 0 Å². The first-order valence-electron chi connectivity index (χ1n) is 13.1. The number of pyridine rings is 1. The number of benzene rings is 1. The number of carbonyl (C=O) groups is 1. The number of anilines is 2. The number of hydrogen-bond acceptors (Lipinski definition) is 7. The van der Waals surface area contributed by atoms with Gasteiger partial charge in [-0.2, -0.15) is 0 Å². The lowest BCUT2D eigenvalue weighted by Gasteiger charge is -2.45. The minimum absolute atomic E-state index is 0.0690. The van der Waals surface area contributed by atoms with E-state index in [0.29, 0.717) is 19.0 Å². The summed E-state index contributed by atoms with van der Waals surface area (Å²) in [5.41, 5.74) is 2.03. The SMILES string of the molecule is C=Cc1cc2cnc(NC(=O)[C@@H]3CC34CCOCC4)cc2cc1N1CCN([C@@]2(C)COC[C@H]2O)CC1. The summed E-state index contributed by atoms with van der Waals surface area (Å²) >= 11 is 0. The number of hydrogen-bond donors (Lipinski definition) is 2. The van der Waals surface area contributed by atoms with Gasteiger partial charge in [-0.1, -0.05) is 12.7 Å². The molecule has 0 unspecified atom stereocenters. The molecule has 36 heavy (non-hydrogen) atoms. The van der Waals surface area contributed by atoms with Gasteiger partial charge in [0, 0.05) is 62.6 Å². The van der Waals surface area contributed by atoms with Crippen molar-refractivity contribution in [2.45, 2.75) is 37.8 Å². The Morgan fingerprint density at radius 1 is 1.17 bits per heavy atom. The van der Waals surface area contributed by atoms with Gasteiger partial charge in [0.2, 0.25) is 5.91 Å². The van der Waals surface area contributed by atoms with Gasteiger partial charge in [0.15, 0.2) is 0 Å². The molecule has 1 amide bonds. The fourth-order valence-corrected chi connectivity index (χ4v) is 6.38. The number of aromatic nitrogens is 1. The Hall–Kier alpha value is -2.52. The molecule has 3 atom stereocenters. The summed E-state index contributed by atoms with van der Waals surface area (Å²) < 4.78 is 11.0. The van der Waals surface area contributed by atoms with Crippen LogP contribution in [0.3, 0.4) is 0 Å². The van der Waals surface area contributed by atoms with E-state index in [0.717, 1.165) is 80.7 Å². The first-order valence-corrected chi connectivity index (χ1v) is 13.1. The molecule has 4 fully saturated rings. The molecule has 0 bridgehead atoms. The maximum absolute atomic E-state index is 12.9. The Morgan fingerprint density at radius 3 is 2.64 bits per heavy atom. The molecule has 4 heterocycles. The highest BCUT2D eigenvalue weighted by atomic mass is 16.5. The Bertz CT molecular complexity index is 1170. The number of aliphatic hydroxyl groups excluding tert-OH is 1. The number of fused-ring (bicyclic) bond motifs is 1. The van der Waals surface area contributed by atoms with E-state index in [1.54, 1.807) is 0 Å². The monoisotopic (exact) mass is 492 g/mol. The predicted octanol–water partition coefficient (Wildman–Crippen LogP) is 2.90. The second-order valence-electron chi connectivity index (χ2n) is 11.1. The van der Waals surface area contributed by atoms with Crippen LogP contribution in [0, 0.1) is 11.3 Å². The van der Waals surface area contributed by atoms with Gasteiger partial charge in [-0.3, -0.25) is 9.69 Å². The average Bonchev–Trinajstić information content (AvgIpc) is 3.48. The third-order valence-electron chi connectivity index (χ3n) is 9.06. The van der Waals surface area contributed by atoms with Gasteiger partial charge in [0.05, 0.1) is 24.9 Å². The highest BCUT2D eigenvalue weighted by Gasteiger charge is 2.58. The summed E-state index contributed by atoms with van der Waals surface area (Å²) in [4.78, 5) is 22.2. The van der Waals surface area contributed by atoms with Gasteiger partial charge in [-0.25, -0.2) is 4.98 Å². The standard InChI is InChI=1S/C28H36N4O4/c1-3-19-12-21-16-29-25(30-26(34)22-15-28(22)4-10-35-11-5-28)14-20(21)13-23(19)31-6-8-32(9-7-31)27(2)18-36-17-24(27)33/h3,12-14,16,22,24,33H,1,4-11,15,17-18H2,2H3,(H,29,30,34)/t22-,24+,27-/m0/s1. The number of nitrogens with zero attached hydrogens (tertiary/aromatic N) is 3. The molecular formula is C28H36N4O4. The lowest BCUT2D eigenvalue weighted by atomic mass is 9.93. The molecule has 3 aliphatic heterocycles. The zero-order valence-electron chi connectivity index (χ0n) is 21.0. The van der Waals surface area contributed by atoms with Crippen molar-refractivity contribution in [1.82, 2.24) is 9.88 Å². The molecule has 1 aliphatic carbocycles. The third kappa shape index (κ3) is 4.10. The number of nitrogens with one attached hydrogen (secondary N) is 1. The van der Waals surface area contributed by atoms with Crippen molar-refractivity contribution < 1.29 is 19.4 Å². The van der Waals surface area contributed by atoms with Crippen LogP contribution < -0.4 is 10.2 Å². The molecule has 2 aromatic rings. The molecule has 8 nitrogen and oxygen atoms in total. The Balaban J connectivity index is 1.18. The molecule has 1 spiro atoms. The molecule has 8 heteroatoms. The van der Waals surface area contributed by atoms with Gasteiger partial charge < -0.3 is 24.8 Å². The van der Waals surface area contributed by atoms with E-state index in [1.807, 2.05) is 18.3 Å². The molecule has 192 valence electrons. The normalized spacial score (nSPS) is 30.0. The van der Waals surface area contributed by atoms with Gasteiger partial charge >= 0.3 is 0 Å². The summed E-state index contributed by atoms with van der Waals surface area (Å²) in [6.07, 6.45) is 6.18. The quantitative estimate of drug-likeness (QED) is 0.664. The van der Waals surface area contributed by atoms with E-state index in [9.17, 15) is 9.90 Å². The second kappa shape index (κ2) is 9.10. The molecule has 1 aromatic heterocycles. The number of amides is 1. The van der Waals surface area contributed by atoms with E-state index < -0.39 is 6.10 Å². The minimum atomic E-state index is -0.452. The van der Waals surface area contributed by atoms with Crippen LogP contribution in [0.15, 0.2) is 31.0 Å². The van der Waals surface area contributed by atoms with Crippen LogP contribution in [-0.4, -0.2) is 85.1 Å².